The molecule has 0 bridgehead atoms. The second kappa shape index (κ2) is 9.21. The summed E-state index contributed by atoms with van der Waals surface area (Å²) in [5.74, 6) is -0.224. The number of benzene rings is 2. The van der Waals surface area contributed by atoms with Crippen LogP contribution in [0.25, 0.3) is 28.1 Å². The fraction of sp³-hybridized carbons (Fsp3) is 0.333. The summed E-state index contributed by atoms with van der Waals surface area (Å²) >= 11 is 0. The Labute approximate surface area is 191 Å². The SMILES string of the molecule is C=C(c1c(-c2cccc(N(CC)CCC)c2)c(-c2ccc(F)cc2)n(C)c1C)N1CNC1. The molecule has 168 valence electrons. The third kappa shape index (κ3) is 3.93. The van der Waals surface area contributed by atoms with Gasteiger partial charge in [0, 0.05) is 48.3 Å². The molecular formula is C27H33FN4. The van der Waals surface area contributed by atoms with E-state index in [0.29, 0.717) is 0 Å². The molecule has 1 saturated heterocycles. The van der Waals surface area contributed by atoms with E-state index in [0.717, 1.165) is 72.2 Å². The largest absolute Gasteiger partial charge is 0.372 e. The molecule has 0 amide bonds. The maximum Gasteiger partial charge on any atom is 0.123 e. The van der Waals surface area contributed by atoms with E-state index in [-0.39, 0.29) is 5.82 Å². The van der Waals surface area contributed by atoms with Crippen LogP contribution in [0.5, 0.6) is 0 Å². The average Bonchev–Trinajstić information content (AvgIpc) is 3.02. The predicted molar refractivity (Wildman–Crippen MR) is 133 cm³/mol. The lowest BCUT2D eigenvalue weighted by Gasteiger charge is -2.36. The number of hydrogen-bond acceptors (Lipinski definition) is 3. The van der Waals surface area contributed by atoms with Gasteiger partial charge in [-0.3, -0.25) is 5.32 Å². The Morgan fingerprint density at radius 2 is 1.81 bits per heavy atom. The lowest BCUT2D eigenvalue weighted by atomic mass is 9.94. The maximum absolute atomic E-state index is 13.7. The van der Waals surface area contributed by atoms with E-state index < -0.39 is 0 Å². The number of halogens is 1. The number of anilines is 1. The lowest BCUT2D eigenvalue weighted by Crippen LogP contribution is -2.50. The molecule has 1 N–H and O–H groups in total. The van der Waals surface area contributed by atoms with Gasteiger partial charge in [0.2, 0.25) is 0 Å². The molecule has 1 fully saturated rings. The van der Waals surface area contributed by atoms with Gasteiger partial charge in [-0.1, -0.05) is 25.6 Å². The summed E-state index contributed by atoms with van der Waals surface area (Å²) < 4.78 is 15.9. The standard InChI is InChI=1S/C27H33FN4/c1-6-15-31(7-2)24-10-8-9-22(16-24)26-25(20(4)32-17-29-18-32)19(3)30(5)27(26)21-11-13-23(28)14-12-21/h8-14,16,29H,4,6-7,15,17-18H2,1-3,5H3. The highest BCUT2D eigenvalue weighted by atomic mass is 19.1. The highest BCUT2D eigenvalue weighted by molar-refractivity contribution is 5.93. The highest BCUT2D eigenvalue weighted by Crippen LogP contribution is 2.43. The highest BCUT2D eigenvalue weighted by Gasteiger charge is 2.27. The molecule has 1 aromatic heterocycles. The van der Waals surface area contributed by atoms with Crippen molar-refractivity contribution in [1.29, 1.82) is 0 Å². The average molecular weight is 433 g/mol. The second-order valence-electron chi connectivity index (χ2n) is 8.43. The summed E-state index contributed by atoms with van der Waals surface area (Å²) in [6.45, 7) is 14.6. The van der Waals surface area contributed by atoms with Gasteiger partial charge >= 0.3 is 0 Å². The minimum absolute atomic E-state index is 0.224. The normalized spacial score (nSPS) is 13.2. The summed E-state index contributed by atoms with van der Waals surface area (Å²) in [4.78, 5) is 4.66. The van der Waals surface area contributed by atoms with E-state index in [1.54, 1.807) is 0 Å². The number of hydrogen-bond donors (Lipinski definition) is 1. The predicted octanol–water partition coefficient (Wildman–Crippen LogP) is 5.83. The molecule has 3 aromatic rings. The van der Waals surface area contributed by atoms with Crippen molar-refractivity contribution in [1.82, 2.24) is 14.8 Å². The van der Waals surface area contributed by atoms with E-state index in [2.05, 4.69) is 78.3 Å². The van der Waals surface area contributed by atoms with Gasteiger partial charge in [-0.25, -0.2) is 4.39 Å². The Morgan fingerprint density at radius 1 is 1.09 bits per heavy atom. The Kier molecular flexibility index (Phi) is 6.38. The van der Waals surface area contributed by atoms with Crippen LogP contribution in [0.15, 0.2) is 55.1 Å². The molecule has 32 heavy (non-hydrogen) atoms. The van der Waals surface area contributed by atoms with Crippen molar-refractivity contribution in [2.24, 2.45) is 7.05 Å². The van der Waals surface area contributed by atoms with Crippen LogP contribution in [0.1, 0.15) is 31.5 Å². The second-order valence-corrected chi connectivity index (χ2v) is 8.43. The molecule has 0 atom stereocenters. The fourth-order valence-corrected chi connectivity index (χ4v) is 4.55. The summed E-state index contributed by atoms with van der Waals surface area (Å²) in [5, 5.41) is 3.31. The van der Waals surface area contributed by atoms with Crippen LogP contribution >= 0.6 is 0 Å². The molecule has 1 aliphatic heterocycles. The van der Waals surface area contributed by atoms with Gasteiger partial charge in [0.15, 0.2) is 0 Å². The third-order valence-corrected chi connectivity index (χ3v) is 6.46. The summed E-state index contributed by atoms with van der Waals surface area (Å²) in [5.41, 5.74) is 8.95. The number of nitrogens with one attached hydrogen (secondary N) is 1. The maximum atomic E-state index is 13.7. The zero-order chi connectivity index (χ0) is 22.8. The smallest absolute Gasteiger partial charge is 0.123 e. The Balaban J connectivity index is 1.94. The molecule has 0 spiro atoms. The van der Waals surface area contributed by atoms with Crippen molar-refractivity contribution in [3.63, 3.8) is 0 Å². The van der Waals surface area contributed by atoms with Gasteiger partial charge in [0.25, 0.3) is 0 Å². The summed E-state index contributed by atoms with van der Waals surface area (Å²) in [6.07, 6.45) is 1.10. The first-order chi connectivity index (χ1) is 15.5. The number of nitrogens with zero attached hydrogens (tertiary/aromatic N) is 3. The van der Waals surface area contributed by atoms with E-state index in [9.17, 15) is 4.39 Å². The van der Waals surface area contributed by atoms with Crippen LogP contribution in [0.2, 0.25) is 0 Å². The molecule has 4 rings (SSSR count). The van der Waals surface area contributed by atoms with E-state index >= 15 is 0 Å². The quantitative estimate of drug-likeness (QED) is 0.484. The minimum atomic E-state index is -0.224. The van der Waals surface area contributed by atoms with Gasteiger partial charge in [-0.15, -0.1) is 0 Å². The van der Waals surface area contributed by atoms with E-state index in [1.165, 1.54) is 17.8 Å². The van der Waals surface area contributed by atoms with Crippen LogP contribution in [-0.2, 0) is 7.05 Å². The Bertz CT molecular complexity index is 1110. The molecule has 4 nitrogen and oxygen atoms in total. The third-order valence-electron chi connectivity index (χ3n) is 6.46. The van der Waals surface area contributed by atoms with Crippen molar-refractivity contribution in [2.45, 2.75) is 27.2 Å². The molecule has 2 heterocycles. The van der Waals surface area contributed by atoms with Crippen LogP contribution in [0.3, 0.4) is 0 Å². The van der Waals surface area contributed by atoms with Gasteiger partial charge in [0.05, 0.1) is 19.0 Å². The first kappa shape index (κ1) is 22.2. The Morgan fingerprint density at radius 3 is 2.41 bits per heavy atom. The molecule has 5 heteroatoms. The van der Waals surface area contributed by atoms with Gasteiger partial charge in [-0.2, -0.15) is 0 Å². The lowest BCUT2D eigenvalue weighted by molar-refractivity contribution is 0.227. The first-order valence-electron chi connectivity index (χ1n) is 11.4. The van der Waals surface area contributed by atoms with Crippen molar-refractivity contribution < 1.29 is 4.39 Å². The van der Waals surface area contributed by atoms with Crippen LogP contribution in [0.4, 0.5) is 10.1 Å². The van der Waals surface area contributed by atoms with Gasteiger partial charge < -0.3 is 14.4 Å². The van der Waals surface area contributed by atoms with E-state index in [1.807, 2.05) is 12.1 Å². The van der Waals surface area contributed by atoms with E-state index in [4.69, 9.17) is 0 Å². The summed E-state index contributed by atoms with van der Waals surface area (Å²) in [6, 6.07) is 15.6. The van der Waals surface area contributed by atoms with Gasteiger partial charge in [0.1, 0.15) is 5.82 Å². The van der Waals surface area contributed by atoms with Crippen molar-refractivity contribution in [3.05, 3.63) is 72.2 Å². The number of aromatic nitrogens is 1. The molecule has 1 aliphatic rings. The van der Waals surface area contributed by atoms with Crippen molar-refractivity contribution in [2.75, 3.05) is 31.3 Å². The molecule has 0 saturated carbocycles. The number of rotatable bonds is 8. The summed E-state index contributed by atoms with van der Waals surface area (Å²) in [7, 11) is 2.09. The van der Waals surface area contributed by atoms with Crippen LogP contribution in [0, 0.1) is 12.7 Å². The van der Waals surface area contributed by atoms with Crippen LogP contribution in [-0.4, -0.2) is 35.9 Å². The monoisotopic (exact) mass is 432 g/mol. The first-order valence-corrected chi connectivity index (χ1v) is 11.4. The Hall–Kier alpha value is -3.05. The van der Waals surface area contributed by atoms with Gasteiger partial charge in [-0.05, 0) is 67.8 Å². The molecule has 0 aliphatic carbocycles. The zero-order valence-electron chi connectivity index (χ0n) is 19.6. The minimum Gasteiger partial charge on any atom is -0.372 e. The van der Waals surface area contributed by atoms with Crippen LogP contribution < -0.4 is 10.2 Å². The molecule has 0 unspecified atom stereocenters. The fourth-order valence-electron chi connectivity index (χ4n) is 4.55. The topological polar surface area (TPSA) is 23.4 Å². The molecule has 2 aromatic carbocycles. The molecular weight excluding hydrogens is 399 g/mol. The molecule has 0 radical (unpaired) electrons. The van der Waals surface area contributed by atoms with Crippen molar-refractivity contribution in [3.8, 4) is 22.4 Å². The zero-order valence-corrected chi connectivity index (χ0v) is 19.6. The van der Waals surface area contributed by atoms with Crippen molar-refractivity contribution >= 4 is 11.4 Å².